The van der Waals surface area contributed by atoms with Crippen molar-refractivity contribution in [3.63, 3.8) is 0 Å². The third kappa shape index (κ3) is 5.81. The third-order valence-electron chi connectivity index (χ3n) is 5.40. The Hall–Kier alpha value is -3.03. The first-order valence-electron chi connectivity index (χ1n) is 10.6. The van der Waals surface area contributed by atoms with E-state index >= 15 is 0 Å². The number of ether oxygens (including phenoxy) is 2. The molecule has 0 spiro atoms. The highest BCUT2D eigenvalue weighted by molar-refractivity contribution is 5.43. The largest absolute Gasteiger partial charge is 0.573 e. The van der Waals surface area contributed by atoms with Crippen LogP contribution in [0.2, 0.25) is 0 Å². The molecule has 1 atom stereocenters. The van der Waals surface area contributed by atoms with Gasteiger partial charge >= 0.3 is 6.36 Å². The molecule has 168 valence electrons. The van der Waals surface area contributed by atoms with Crippen LogP contribution < -0.4 is 14.8 Å². The Balaban J connectivity index is 1.64. The van der Waals surface area contributed by atoms with Crippen LogP contribution in [0.5, 0.6) is 11.5 Å². The Bertz CT molecular complexity index is 988. The fourth-order valence-electron chi connectivity index (χ4n) is 3.95. The molecule has 4 nitrogen and oxygen atoms in total. The highest BCUT2D eigenvalue weighted by Gasteiger charge is 2.31. The lowest BCUT2D eigenvalue weighted by Crippen LogP contribution is -2.45. The Morgan fingerprint density at radius 1 is 0.844 bits per heavy atom. The summed E-state index contributed by atoms with van der Waals surface area (Å²) in [7, 11) is 0. The first-order chi connectivity index (χ1) is 15.5. The zero-order valence-electron chi connectivity index (χ0n) is 17.5. The van der Waals surface area contributed by atoms with Gasteiger partial charge in [-0.3, -0.25) is 4.90 Å². The standard InChI is InChI=1S/C25H25F3N2O2/c26-25(27,28)32-21-12-10-20(11-13-21)24(30-16-14-29-15-17-30)22-8-4-5-9-23(22)31-18-19-6-2-1-3-7-19/h1-13,24,29H,14-18H2/t24-/m0/s1. The normalized spacial score (nSPS) is 15.8. The molecule has 0 saturated carbocycles. The number of nitrogens with one attached hydrogen (secondary N) is 1. The lowest BCUT2D eigenvalue weighted by Gasteiger charge is -2.36. The number of halogens is 3. The molecule has 0 aromatic heterocycles. The molecule has 1 N–H and O–H groups in total. The number of benzene rings is 3. The molecule has 1 aliphatic rings. The highest BCUT2D eigenvalue weighted by Crippen LogP contribution is 2.36. The van der Waals surface area contributed by atoms with Gasteiger partial charge in [-0.2, -0.15) is 0 Å². The van der Waals surface area contributed by atoms with Gasteiger partial charge in [-0.15, -0.1) is 13.2 Å². The predicted molar refractivity (Wildman–Crippen MR) is 117 cm³/mol. The summed E-state index contributed by atoms with van der Waals surface area (Å²) >= 11 is 0. The molecule has 0 bridgehead atoms. The number of alkyl halides is 3. The van der Waals surface area contributed by atoms with Crippen LogP contribution >= 0.6 is 0 Å². The minimum Gasteiger partial charge on any atom is -0.489 e. The summed E-state index contributed by atoms with van der Waals surface area (Å²) in [4.78, 5) is 2.32. The number of piperazine rings is 1. The van der Waals surface area contributed by atoms with Crippen LogP contribution in [-0.2, 0) is 6.61 Å². The number of para-hydroxylation sites is 1. The molecular formula is C25H25F3N2O2. The minimum atomic E-state index is -4.71. The van der Waals surface area contributed by atoms with Gasteiger partial charge in [-0.05, 0) is 29.3 Å². The molecule has 7 heteroatoms. The maximum absolute atomic E-state index is 12.6. The van der Waals surface area contributed by atoms with Crippen LogP contribution in [-0.4, -0.2) is 37.4 Å². The van der Waals surface area contributed by atoms with E-state index in [9.17, 15) is 13.2 Å². The molecule has 1 fully saturated rings. The van der Waals surface area contributed by atoms with Crippen LogP contribution in [0.15, 0.2) is 78.9 Å². The van der Waals surface area contributed by atoms with E-state index in [0.717, 1.165) is 48.6 Å². The molecule has 0 radical (unpaired) electrons. The van der Waals surface area contributed by atoms with Crippen molar-refractivity contribution in [3.8, 4) is 11.5 Å². The first kappa shape index (κ1) is 22.2. The van der Waals surface area contributed by atoms with E-state index in [1.807, 2.05) is 54.6 Å². The van der Waals surface area contributed by atoms with E-state index in [1.54, 1.807) is 12.1 Å². The molecule has 3 aromatic carbocycles. The number of rotatable bonds is 7. The minimum absolute atomic E-state index is 0.149. The molecule has 4 rings (SSSR count). The van der Waals surface area contributed by atoms with E-state index in [4.69, 9.17) is 4.74 Å². The highest BCUT2D eigenvalue weighted by atomic mass is 19.4. The molecule has 1 aliphatic heterocycles. The van der Waals surface area contributed by atoms with Gasteiger partial charge < -0.3 is 14.8 Å². The van der Waals surface area contributed by atoms with Crippen molar-refractivity contribution in [3.05, 3.63) is 95.6 Å². The number of nitrogens with zero attached hydrogens (tertiary/aromatic N) is 1. The second kappa shape index (κ2) is 10.1. The Morgan fingerprint density at radius 3 is 2.19 bits per heavy atom. The summed E-state index contributed by atoms with van der Waals surface area (Å²) < 4.78 is 48.0. The summed E-state index contributed by atoms with van der Waals surface area (Å²) in [6.45, 7) is 3.76. The maximum atomic E-state index is 12.6. The summed E-state index contributed by atoms with van der Waals surface area (Å²) in [5.74, 6) is 0.532. The van der Waals surface area contributed by atoms with E-state index in [1.165, 1.54) is 12.1 Å². The van der Waals surface area contributed by atoms with Crippen molar-refractivity contribution in [1.29, 1.82) is 0 Å². The molecule has 1 heterocycles. The van der Waals surface area contributed by atoms with Crippen LogP contribution in [0.1, 0.15) is 22.7 Å². The second-order valence-electron chi connectivity index (χ2n) is 7.62. The fraction of sp³-hybridized carbons (Fsp3) is 0.280. The monoisotopic (exact) mass is 442 g/mol. The van der Waals surface area contributed by atoms with Crippen LogP contribution in [0, 0.1) is 0 Å². The SMILES string of the molecule is FC(F)(F)Oc1ccc([C@@H](c2ccccc2OCc2ccccc2)N2CCNCC2)cc1. The van der Waals surface area contributed by atoms with Crippen LogP contribution in [0.25, 0.3) is 0 Å². The summed E-state index contributed by atoms with van der Waals surface area (Å²) in [6, 6.07) is 23.7. The number of hydrogen-bond donors (Lipinski definition) is 1. The predicted octanol–water partition coefficient (Wildman–Crippen LogP) is 5.16. The van der Waals surface area contributed by atoms with Crippen LogP contribution in [0.4, 0.5) is 13.2 Å². The summed E-state index contributed by atoms with van der Waals surface area (Å²) in [5.41, 5.74) is 2.93. The molecule has 0 unspecified atom stereocenters. The quantitative estimate of drug-likeness (QED) is 0.548. The maximum Gasteiger partial charge on any atom is 0.573 e. The Morgan fingerprint density at radius 2 is 1.50 bits per heavy atom. The van der Waals surface area contributed by atoms with Gasteiger partial charge in [0.25, 0.3) is 0 Å². The average Bonchev–Trinajstić information content (AvgIpc) is 2.80. The molecule has 3 aromatic rings. The van der Waals surface area contributed by atoms with Crippen molar-refractivity contribution in [1.82, 2.24) is 10.2 Å². The zero-order valence-corrected chi connectivity index (χ0v) is 17.5. The van der Waals surface area contributed by atoms with Crippen molar-refractivity contribution >= 4 is 0 Å². The average molecular weight is 442 g/mol. The summed E-state index contributed by atoms with van der Waals surface area (Å²) in [6.07, 6.45) is -4.71. The van der Waals surface area contributed by atoms with Gasteiger partial charge in [-0.25, -0.2) is 0 Å². The smallest absolute Gasteiger partial charge is 0.489 e. The van der Waals surface area contributed by atoms with E-state index in [2.05, 4.69) is 15.0 Å². The van der Waals surface area contributed by atoms with Gasteiger partial charge in [0.1, 0.15) is 18.1 Å². The Labute approximate surface area is 185 Å². The van der Waals surface area contributed by atoms with Crippen LogP contribution in [0.3, 0.4) is 0 Å². The van der Waals surface area contributed by atoms with E-state index in [0.29, 0.717) is 6.61 Å². The molecule has 1 saturated heterocycles. The number of hydrogen-bond acceptors (Lipinski definition) is 4. The Kier molecular flexibility index (Phi) is 6.97. The van der Waals surface area contributed by atoms with Gasteiger partial charge in [0, 0.05) is 31.7 Å². The fourth-order valence-corrected chi connectivity index (χ4v) is 3.95. The molecular weight excluding hydrogens is 417 g/mol. The first-order valence-corrected chi connectivity index (χ1v) is 10.6. The molecule has 32 heavy (non-hydrogen) atoms. The van der Waals surface area contributed by atoms with Crippen molar-refractivity contribution in [2.45, 2.75) is 19.0 Å². The van der Waals surface area contributed by atoms with E-state index < -0.39 is 6.36 Å². The zero-order chi connectivity index (χ0) is 22.4. The van der Waals surface area contributed by atoms with Gasteiger partial charge in [-0.1, -0.05) is 60.7 Å². The van der Waals surface area contributed by atoms with Crippen molar-refractivity contribution in [2.24, 2.45) is 0 Å². The molecule has 0 amide bonds. The van der Waals surface area contributed by atoms with E-state index in [-0.39, 0.29) is 11.8 Å². The van der Waals surface area contributed by atoms with Gasteiger partial charge in [0.05, 0.1) is 6.04 Å². The third-order valence-corrected chi connectivity index (χ3v) is 5.40. The topological polar surface area (TPSA) is 33.7 Å². The van der Waals surface area contributed by atoms with Gasteiger partial charge in [0.15, 0.2) is 0 Å². The molecule has 0 aliphatic carbocycles. The van der Waals surface area contributed by atoms with Gasteiger partial charge in [0.2, 0.25) is 0 Å². The lowest BCUT2D eigenvalue weighted by molar-refractivity contribution is -0.274. The van der Waals surface area contributed by atoms with Crippen molar-refractivity contribution in [2.75, 3.05) is 26.2 Å². The summed E-state index contributed by atoms with van der Waals surface area (Å²) in [5, 5.41) is 3.35. The second-order valence-corrected chi connectivity index (χ2v) is 7.62. The lowest BCUT2D eigenvalue weighted by atomic mass is 9.95. The van der Waals surface area contributed by atoms with Crippen molar-refractivity contribution < 1.29 is 22.6 Å².